The van der Waals surface area contributed by atoms with E-state index in [0.29, 0.717) is 0 Å². The van der Waals surface area contributed by atoms with Gasteiger partial charge >= 0.3 is 0 Å². The van der Waals surface area contributed by atoms with E-state index in [2.05, 4.69) is 206 Å². The molecule has 1 heteroatoms. The van der Waals surface area contributed by atoms with Crippen LogP contribution in [0.5, 0.6) is 0 Å². The van der Waals surface area contributed by atoms with Gasteiger partial charge in [0.2, 0.25) is 0 Å². The first-order valence-corrected chi connectivity index (χ1v) is 19.3. The van der Waals surface area contributed by atoms with E-state index in [9.17, 15) is 0 Å². The number of furan rings is 1. The van der Waals surface area contributed by atoms with Crippen LogP contribution in [0.2, 0.25) is 0 Å². The third kappa shape index (κ3) is 5.56. The lowest BCUT2D eigenvalue weighted by molar-refractivity contribution is 0.669. The van der Waals surface area contributed by atoms with Gasteiger partial charge in [-0.05, 0) is 85.0 Å². The summed E-state index contributed by atoms with van der Waals surface area (Å²) in [5.41, 5.74) is 16.9. The molecule has 0 radical (unpaired) electrons. The second-order valence-electron chi connectivity index (χ2n) is 14.3. The fourth-order valence-electron chi connectivity index (χ4n) is 8.87. The molecule has 0 unspecified atom stereocenters. The Morgan fingerprint density at radius 3 is 1.52 bits per heavy atom. The van der Waals surface area contributed by atoms with Crippen LogP contribution in [0.1, 0.15) is 22.3 Å². The van der Waals surface area contributed by atoms with E-state index in [1.54, 1.807) is 0 Å². The largest absolute Gasteiger partial charge is 0.456 e. The molecule has 1 nitrogen and oxygen atoms in total. The number of hydrogen-bond donors (Lipinski definition) is 0. The Bertz CT molecular complexity index is 2900. The van der Waals surface area contributed by atoms with Gasteiger partial charge in [0.1, 0.15) is 11.2 Å². The smallest absolute Gasteiger partial charge is 0.136 e. The summed E-state index contributed by atoms with van der Waals surface area (Å²) in [6.07, 6.45) is 0. The molecular formula is C55H38O. The van der Waals surface area contributed by atoms with Gasteiger partial charge in [-0.1, -0.05) is 212 Å². The first-order valence-electron chi connectivity index (χ1n) is 19.3. The summed E-state index contributed by atoms with van der Waals surface area (Å²) < 4.78 is 6.03. The number of rotatable bonds is 5. The van der Waals surface area contributed by atoms with E-state index in [0.717, 1.165) is 11.2 Å². The lowest BCUT2D eigenvalue weighted by Crippen LogP contribution is -2.29. The minimum Gasteiger partial charge on any atom is -0.456 e. The highest BCUT2D eigenvalue weighted by Gasteiger charge is 2.47. The van der Waals surface area contributed by atoms with Crippen LogP contribution in [-0.4, -0.2) is 0 Å². The summed E-state index contributed by atoms with van der Waals surface area (Å²) >= 11 is 0. The Labute approximate surface area is 327 Å². The second-order valence-corrected chi connectivity index (χ2v) is 14.3. The number of benzene rings is 9. The Hall–Kier alpha value is -7.22. The van der Waals surface area contributed by atoms with Crippen molar-refractivity contribution in [3.63, 3.8) is 0 Å². The first-order chi connectivity index (χ1) is 27.8. The quantitative estimate of drug-likeness (QED) is 0.173. The molecule has 0 N–H and O–H groups in total. The van der Waals surface area contributed by atoms with Crippen LogP contribution in [0.25, 0.3) is 66.4 Å². The second kappa shape index (κ2) is 14.2. The zero-order chi connectivity index (χ0) is 37.3. The van der Waals surface area contributed by atoms with Gasteiger partial charge in [-0.3, -0.25) is 0 Å². The first kappa shape index (κ1) is 33.4. The standard InChI is InChI=1S/C31H22.C24H16O/c1-4-13-23(14-5-1)26-20-12-21-28-27-19-10-11-22-29(27)31(30(26)28,24-15-6-2-7-16-24)25-17-8-3-9-18-25;1-2-8-17(9-3-1)18-10-6-11-19(16-18)20-13-7-15-23-24(20)21-12-4-5-14-22(21)25-23/h1-22H;1-16H. The summed E-state index contributed by atoms with van der Waals surface area (Å²) in [6, 6.07) is 82.1. The van der Waals surface area contributed by atoms with Crippen molar-refractivity contribution in [3.05, 3.63) is 253 Å². The highest BCUT2D eigenvalue weighted by atomic mass is 16.3. The highest BCUT2D eigenvalue weighted by Crippen LogP contribution is 2.58. The van der Waals surface area contributed by atoms with E-state index in [1.807, 2.05) is 24.3 Å². The molecule has 56 heavy (non-hydrogen) atoms. The zero-order valence-electron chi connectivity index (χ0n) is 30.8. The Morgan fingerprint density at radius 2 is 0.786 bits per heavy atom. The number of hydrogen-bond acceptors (Lipinski definition) is 1. The predicted molar refractivity (Wildman–Crippen MR) is 234 cm³/mol. The van der Waals surface area contributed by atoms with E-state index < -0.39 is 0 Å². The number of fused-ring (bicyclic) bond motifs is 6. The molecular weight excluding hydrogens is 677 g/mol. The van der Waals surface area contributed by atoms with Crippen LogP contribution in [-0.2, 0) is 5.41 Å². The molecule has 11 rings (SSSR count). The van der Waals surface area contributed by atoms with Crippen molar-refractivity contribution in [3.8, 4) is 44.5 Å². The van der Waals surface area contributed by atoms with Crippen molar-refractivity contribution >= 4 is 21.9 Å². The van der Waals surface area contributed by atoms with Gasteiger partial charge in [0.25, 0.3) is 0 Å². The molecule has 1 aliphatic carbocycles. The average molecular weight is 715 g/mol. The molecule has 0 bridgehead atoms. The van der Waals surface area contributed by atoms with Crippen molar-refractivity contribution in [2.24, 2.45) is 0 Å². The van der Waals surface area contributed by atoms with Crippen LogP contribution in [0.15, 0.2) is 235 Å². The fraction of sp³-hybridized carbons (Fsp3) is 0.0182. The summed E-state index contributed by atoms with van der Waals surface area (Å²) in [4.78, 5) is 0. The minimum absolute atomic E-state index is 0.360. The lowest BCUT2D eigenvalue weighted by atomic mass is 9.66. The SMILES string of the molecule is c1ccc(-c2cccc(-c3cccc4oc5ccccc5c34)c2)cc1.c1ccc(-c2cccc3c2C(c2ccccc2)(c2ccccc2)c2ccccc2-3)cc1. The summed E-state index contributed by atoms with van der Waals surface area (Å²) in [5.74, 6) is 0. The maximum absolute atomic E-state index is 6.03. The molecule has 0 atom stereocenters. The molecule has 0 saturated carbocycles. The lowest BCUT2D eigenvalue weighted by Gasteiger charge is -2.35. The summed E-state index contributed by atoms with van der Waals surface area (Å²) in [7, 11) is 0. The minimum atomic E-state index is -0.360. The predicted octanol–water partition coefficient (Wildman–Crippen LogP) is 14.6. The van der Waals surface area contributed by atoms with Crippen LogP contribution in [0.4, 0.5) is 0 Å². The fourth-order valence-corrected chi connectivity index (χ4v) is 8.87. The summed E-state index contributed by atoms with van der Waals surface area (Å²) in [5, 5.41) is 2.35. The Balaban J connectivity index is 0.000000140. The maximum atomic E-state index is 6.03. The van der Waals surface area contributed by atoms with Crippen molar-refractivity contribution < 1.29 is 4.42 Å². The monoisotopic (exact) mass is 714 g/mol. The normalized spacial score (nSPS) is 12.4. The average Bonchev–Trinajstić information content (AvgIpc) is 3.82. The molecule has 264 valence electrons. The van der Waals surface area contributed by atoms with Crippen LogP contribution in [0.3, 0.4) is 0 Å². The van der Waals surface area contributed by atoms with Gasteiger partial charge in [-0.2, -0.15) is 0 Å². The maximum Gasteiger partial charge on any atom is 0.136 e. The molecule has 0 aliphatic heterocycles. The Morgan fingerprint density at radius 1 is 0.304 bits per heavy atom. The van der Waals surface area contributed by atoms with E-state index >= 15 is 0 Å². The molecule has 1 heterocycles. The molecule has 10 aromatic rings. The third-order valence-electron chi connectivity index (χ3n) is 11.2. The number of para-hydroxylation sites is 1. The van der Waals surface area contributed by atoms with Crippen LogP contribution >= 0.6 is 0 Å². The van der Waals surface area contributed by atoms with Crippen molar-refractivity contribution in [2.45, 2.75) is 5.41 Å². The van der Waals surface area contributed by atoms with E-state index in [4.69, 9.17) is 4.42 Å². The van der Waals surface area contributed by atoms with Gasteiger partial charge in [-0.25, -0.2) is 0 Å². The molecule has 0 amide bonds. The molecule has 0 spiro atoms. The van der Waals surface area contributed by atoms with Gasteiger partial charge in [0.05, 0.1) is 5.41 Å². The van der Waals surface area contributed by atoms with E-state index in [1.165, 1.54) is 77.5 Å². The van der Waals surface area contributed by atoms with Crippen molar-refractivity contribution in [1.29, 1.82) is 0 Å². The van der Waals surface area contributed by atoms with Crippen LogP contribution < -0.4 is 0 Å². The van der Waals surface area contributed by atoms with Crippen molar-refractivity contribution in [1.82, 2.24) is 0 Å². The van der Waals surface area contributed by atoms with Gasteiger partial charge in [-0.15, -0.1) is 0 Å². The zero-order valence-corrected chi connectivity index (χ0v) is 30.8. The van der Waals surface area contributed by atoms with Gasteiger partial charge < -0.3 is 4.42 Å². The van der Waals surface area contributed by atoms with Gasteiger partial charge in [0.15, 0.2) is 0 Å². The molecule has 0 saturated heterocycles. The topological polar surface area (TPSA) is 13.1 Å². The van der Waals surface area contributed by atoms with Gasteiger partial charge in [0, 0.05) is 10.8 Å². The Kier molecular flexibility index (Phi) is 8.46. The summed E-state index contributed by atoms with van der Waals surface area (Å²) in [6.45, 7) is 0. The van der Waals surface area contributed by atoms with Crippen LogP contribution in [0, 0.1) is 0 Å². The third-order valence-corrected chi connectivity index (χ3v) is 11.2. The molecule has 9 aromatic carbocycles. The highest BCUT2D eigenvalue weighted by molar-refractivity contribution is 6.12. The van der Waals surface area contributed by atoms with E-state index in [-0.39, 0.29) is 5.41 Å². The van der Waals surface area contributed by atoms with Crippen molar-refractivity contribution in [2.75, 3.05) is 0 Å². The molecule has 1 aliphatic rings. The molecule has 1 aromatic heterocycles. The molecule has 0 fully saturated rings.